The van der Waals surface area contributed by atoms with Crippen molar-refractivity contribution in [1.82, 2.24) is 0 Å². The van der Waals surface area contributed by atoms with Crippen LogP contribution in [0.15, 0.2) is 97.1 Å². The summed E-state index contributed by atoms with van der Waals surface area (Å²) in [5.74, 6) is 4.93. The highest BCUT2D eigenvalue weighted by molar-refractivity contribution is 5.53. The number of benzene rings is 4. The van der Waals surface area contributed by atoms with E-state index < -0.39 is 0 Å². The van der Waals surface area contributed by atoms with Crippen LogP contribution in [-0.4, -0.2) is 0 Å². The van der Waals surface area contributed by atoms with Crippen LogP contribution in [0.2, 0.25) is 0 Å². The van der Waals surface area contributed by atoms with Crippen molar-refractivity contribution < 1.29 is 9.47 Å². The number of para-hydroxylation sites is 1. The largest absolute Gasteiger partial charge is 0.457 e. The fourth-order valence-electron chi connectivity index (χ4n) is 8.31. The molecule has 0 aromatic heterocycles. The smallest absolute Gasteiger partial charge is 0.131 e. The number of anilines is 2. The van der Waals surface area contributed by atoms with Crippen molar-refractivity contribution in [2.75, 3.05) is 11.5 Å². The average molecular weight is 503 g/mol. The number of nitrogens with two attached hydrogens (primary N) is 2. The van der Waals surface area contributed by atoms with Crippen LogP contribution in [0.3, 0.4) is 0 Å². The molecule has 0 spiro atoms. The zero-order valence-corrected chi connectivity index (χ0v) is 21.6. The zero-order valence-electron chi connectivity index (χ0n) is 21.6. The summed E-state index contributed by atoms with van der Waals surface area (Å²) in [5, 5.41) is 0. The summed E-state index contributed by atoms with van der Waals surface area (Å²) in [6, 6.07) is 33.0. The van der Waals surface area contributed by atoms with Crippen molar-refractivity contribution in [1.29, 1.82) is 0 Å². The molecule has 4 atom stereocenters. The second kappa shape index (κ2) is 8.83. The molecule has 4 N–H and O–H groups in total. The molecule has 2 bridgehead atoms. The van der Waals surface area contributed by atoms with E-state index in [1.807, 2.05) is 48.5 Å². The van der Waals surface area contributed by atoms with E-state index >= 15 is 0 Å². The molecule has 0 heterocycles. The van der Waals surface area contributed by atoms with Gasteiger partial charge in [0, 0.05) is 27.8 Å². The lowest BCUT2D eigenvalue weighted by Crippen LogP contribution is -2.48. The molecule has 4 nitrogen and oxygen atoms in total. The molecular formula is C34H34N2O2. The number of rotatable bonds is 6. The minimum absolute atomic E-state index is 0.0830. The van der Waals surface area contributed by atoms with Gasteiger partial charge in [0.2, 0.25) is 0 Å². The van der Waals surface area contributed by atoms with Gasteiger partial charge in [0.1, 0.15) is 23.0 Å². The molecule has 192 valence electrons. The maximum Gasteiger partial charge on any atom is 0.131 e. The Kier molecular flexibility index (Phi) is 5.40. The van der Waals surface area contributed by atoms with Gasteiger partial charge in [-0.1, -0.05) is 36.8 Å². The van der Waals surface area contributed by atoms with Gasteiger partial charge < -0.3 is 20.9 Å². The standard InChI is InChI=1S/C34H34N2O2/c35-25-9-15-28(16-10-25)37-27-13-7-24(8-14-27)33-21-19-23(22-33)30-5-3-20-34(30,33)31-4-1-2-6-32(31)38-29-17-11-26(36)12-18-29/h1-2,4,6-18,23,30H,3,5,19-22,35-36H2. The number of ether oxygens (including phenoxy) is 2. The van der Waals surface area contributed by atoms with Crippen LogP contribution < -0.4 is 20.9 Å². The molecule has 3 aliphatic rings. The third-order valence-corrected chi connectivity index (χ3v) is 9.69. The Balaban J connectivity index is 1.27. The number of hydrogen-bond acceptors (Lipinski definition) is 4. The van der Waals surface area contributed by atoms with E-state index in [-0.39, 0.29) is 10.8 Å². The zero-order chi connectivity index (χ0) is 25.7. The van der Waals surface area contributed by atoms with E-state index in [2.05, 4.69) is 48.5 Å². The second-order valence-corrected chi connectivity index (χ2v) is 11.4. The predicted molar refractivity (Wildman–Crippen MR) is 153 cm³/mol. The van der Waals surface area contributed by atoms with Crippen molar-refractivity contribution in [2.45, 2.75) is 49.4 Å². The molecular weight excluding hydrogens is 468 g/mol. The Morgan fingerprint density at radius 1 is 0.632 bits per heavy atom. The Labute approximate surface area is 224 Å². The van der Waals surface area contributed by atoms with E-state index in [9.17, 15) is 0 Å². The van der Waals surface area contributed by atoms with Crippen molar-refractivity contribution in [3.05, 3.63) is 108 Å². The summed E-state index contributed by atoms with van der Waals surface area (Å²) in [7, 11) is 0. The quantitative estimate of drug-likeness (QED) is 0.261. The molecule has 4 heteroatoms. The van der Waals surface area contributed by atoms with Gasteiger partial charge >= 0.3 is 0 Å². The third kappa shape index (κ3) is 3.50. The number of hydrogen-bond donors (Lipinski definition) is 2. The van der Waals surface area contributed by atoms with E-state index in [4.69, 9.17) is 20.9 Å². The molecule has 0 radical (unpaired) electrons. The van der Waals surface area contributed by atoms with Gasteiger partial charge in [-0.25, -0.2) is 0 Å². The van der Waals surface area contributed by atoms with E-state index in [1.165, 1.54) is 49.7 Å². The first-order valence-electron chi connectivity index (χ1n) is 13.8. The van der Waals surface area contributed by atoms with Gasteiger partial charge in [0.05, 0.1) is 0 Å². The highest BCUT2D eigenvalue weighted by Gasteiger charge is 2.69. The lowest BCUT2D eigenvalue weighted by atomic mass is 9.54. The SMILES string of the molecule is Nc1ccc(Oc2ccc(C34CCC(C3)C3CCCC34c3ccccc3Oc3ccc(N)cc3)cc2)cc1. The first-order valence-corrected chi connectivity index (χ1v) is 13.8. The summed E-state index contributed by atoms with van der Waals surface area (Å²) in [6.07, 6.45) is 7.59. The summed E-state index contributed by atoms with van der Waals surface area (Å²) in [4.78, 5) is 0. The van der Waals surface area contributed by atoms with Gasteiger partial charge in [-0.2, -0.15) is 0 Å². The van der Waals surface area contributed by atoms with Crippen LogP contribution in [0.1, 0.15) is 49.7 Å². The lowest BCUT2D eigenvalue weighted by Gasteiger charge is -2.49. The molecule has 3 aliphatic carbocycles. The predicted octanol–water partition coefficient (Wildman–Crippen LogP) is 8.23. The average Bonchev–Trinajstić information content (AvgIpc) is 3.65. The van der Waals surface area contributed by atoms with Gasteiger partial charge in [-0.3, -0.25) is 0 Å². The molecule has 0 amide bonds. The maximum absolute atomic E-state index is 6.58. The fraction of sp³-hybridized carbons (Fsp3) is 0.294. The van der Waals surface area contributed by atoms with Crippen LogP contribution in [0.25, 0.3) is 0 Å². The number of fused-ring (bicyclic) bond motifs is 5. The molecule has 0 aliphatic heterocycles. The van der Waals surface area contributed by atoms with Gasteiger partial charge in [-0.15, -0.1) is 0 Å². The molecule has 0 saturated heterocycles. The van der Waals surface area contributed by atoms with Crippen molar-refractivity contribution >= 4 is 11.4 Å². The highest BCUT2D eigenvalue weighted by atomic mass is 16.5. The molecule has 4 unspecified atom stereocenters. The molecule has 7 rings (SSSR count). The second-order valence-electron chi connectivity index (χ2n) is 11.4. The molecule has 4 aromatic carbocycles. The molecule has 3 fully saturated rings. The van der Waals surface area contributed by atoms with Gasteiger partial charge in [0.25, 0.3) is 0 Å². The van der Waals surface area contributed by atoms with Crippen molar-refractivity contribution in [3.63, 3.8) is 0 Å². The van der Waals surface area contributed by atoms with E-state index in [1.54, 1.807) is 0 Å². The van der Waals surface area contributed by atoms with Crippen LogP contribution in [0.4, 0.5) is 11.4 Å². The normalized spacial score (nSPS) is 27.3. The van der Waals surface area contributed by atoms with Crippen LogP contribution in [0, 0.1) is 11.8 Å². The first-order chi connectivity index (χ1) is 18.6. The van der Waals surface area contributed by atoms with Gasteiger partial charge in [0.15, 0.2) is 0 Å². The highest BCUT2D eigenvalue weighted by Crippen LogP contribution is 2.74. The number of nitrogen functional groups attached to an aromatic ring is 2. The Hall–Kier alpha value is -3.92. The summed E-state index contributed by atoms with van der Waals surface area (Å²) < 4.78 is 12.7. The molecule has 38 heavy (non-hydrogen) atoms. The fourth-order valence-corrected chi connectivity index (χ4v) is 8.31. The lowest BCUT2D eigenvalue weighted by molar-refractivity contribution is 0.167. The van der Waals surface area contributed by atoms with Crippen molar-refractivity contribution in [2.24, 2.45) is 11.8 Å². The third-order valence-electron chi connectivity index (χ3n) is 9.69. The van der Waals surface area contributed by atoms with Crippen LogP contribution in [0.5, 0.6) is 23.0 Å². The first kappa shape index (κ1) is 23.2. The summed E-state index contributed by atoms with van der Waals surface area (Å²) in [5.41, 5.74) is 16.3. The Bertz CT molecular complexity index is 1450. The summed E-state index contributed by atoms with van der Waals surface area (Å²) in [6.45, 7) is 0. The molecule has 3 saturated carbocycles. The maximum atomic E-state index is 6.58. The monoisotopic (exact) mass is 502 g/mol. The van der Waals surface area contributed by atoms with E-state index in [0.29, 0.717) is 5.92 Å². The Morgan fingerprint density at radius 2 is 1.24 bits per heavy atom. The topological polar surface area (TPSA) is 70.5 Å². The minimum Gasteiger partial charge on any atom is -0.457 e. The minimum atomic E-state index is 0.0830. The Morgan fingerprint density at radius 3 is 1.92 bits per heavy atom. The van der Waals surface area contributed by atoms with Crippen LogP contribution >= 0.6 is 0 Å². The van der Waals surface area contributed by atoms with E-state index in [0.717, 1.165) is 40.3 Å². The van der Waals surface area contributed by atoms with Crippen LogP contribution in [-0.2, 0) is 10.8 Å². The van der Waals surface area contributed by atoms with Crippen molar-refractivity contribution in [3.8, 4) is 23.0 Å². The van der Waals surface area contributed by atoms with Gasteiger partial charge in [-0.05, 0) is 116 Å². The summed E-state index contributed by atoms with van der Waals surface area (Å²) >= 11 is 0. The molecule has 4 aromatic rings.